The lowest BCUT2D eigenvalue weighted by Gasteiger charge is -2.22. The summed E-state index contributed by atoms with van der Waals surface area (Å²) in [6.45, 7) is 7.29. The Bertz CT molecular complexity index is 363. The highest BCUT2D eigenvalue weighted by Crippen LogP contribution is 2.12. The number of carbonyl (C=O) groups excluding carboxylic acids is 1. The smallest absolute Gasteiger partial charge is 0.220 e. The first-order chi connectivity index (χ1) is 14.7. The summed E-state index contributed by atoms with van der Waals surface area (Å²) in [7, 11) is 0. The van der Waals surface area contributed by atoms with E-state index in [4.69, 9.17) is 14.9 Å². The van der Waals surface area contributed by atoms with Crippen LogP contribution in [-0.2, 0) is 9.53 Å². The molecule has 0 radical (unpaired) electrons. The number of nitrogens with zero attached hydrogens (tertiary/aromatic N) is 1. The molecule has 6 heteroatoms. The molecule has 0 aromatic heterocycles. The molecule has 0 aliphatic rings. The Labute approximate surface area is 185 Å². The van der Waals surface area contributed by atoms with E-state index in [1.165, 1.54) is 57.8 Å². The van der Waals surface area contributed by atoms with Crippen LogP contribution >= 0.6 is 0 Å². The second-order valence-corrected chi connectivity index (χ2v) is 8.28. The van der Waals surface area contributed by atoms with Gasteiger partial charge in [0.1, 0.15) is 0 Å². The average molecular weight is 431 g/mol. The van der Waals surface area contributed by atoms with E-state index in [2.05, 4.69) is 19.2 Å². The Morgan fingerprint density at radius 2 is 1.37 bits per heavy atom. The summed E-state index contributed by atoms with van der Waals surface area (Å²) < 4.78 is 5.86. The van der Waals surface area contributed by atoms with Crippen LogP contribution in [0.3, 0.4) is 0 Å². The normalized spacial score (nSPS) is 12.4. The van der Waals surface area contributed by atoms with Crippen molar-refractivity contribution >= 4 is 5.91 Å². The van der Waals surface area contributed by atoms with E-state index in [0.717, 1.165) is 19.3 Å². The summed E-state index contributed by atoms with van der Waals surface area (Å²) in [5, 5.41) is 21.1. The Balaban J connectivity index is 3.62. The summed E-state index contributed by atoms with van der Waals surface area (Å²) in [5.41, 5.74) is 0. The molecule has 0 saturated carbocycles. The van der Waals surface area contributed by atoms with E-state index in [0.29, 0.717) is 39.2 Å². The molecule has 3 N–H and O–H groups in total. The molecule has 0 heterocycles. The molecule has 1 atom stereocenters. The monoisotopic (exact) mass is 430 g/mol. The fourth-order valence-electron chi connectivity index (χ4n) is 3.55. The first-order valence-corrected chi connectivity index (χ1v) is 12.5. The number of unbranched alkanes of at least 4 members (excludes halogenated alkanes) is 10. The van der Waals surface area contributed by atoms with Crippen LogP contribution in [-0.4, -0.2) is 73.1 Å². The second-order valence-electron chi connectivity index (χ2n) is 8.28. The van der Waals surface area contributed by atoms with Crippen molar-refractivity contribution in [1.82, 2.24) is 10.2 Å². The molecule has 0 aliphatic heterocycles. The van der Waals surface area contributed by atoms with E-state index in [9.17, 15) is 4.79 Å². The van der Waals surface area contributed by atoms with Crippen LogP contribution in [0.1, 0.15) is 97.3 Å². The molecule has 1 unspecified atom stereocenters. The van der Waals surface area contributed by atoms with Crippen molar-refractivity contribution in [2.24, 2.45) is 0 Å². The van der Waals surface area contributed by atoms with E-state index < -0.39 is 0 Å². The number of hydrogen-bond acceptors (Lipinski definition) is 5. The third-order valence-corrected chi connectivity index (χ3v) is 5.58. The lowest BCUT2D eigenvalue weighted by atomic mass is 10.1. The fourth-order valence-corrected chi connectivity index (χ4v) is 3.55. The van der Waals surface area contributed by atoms with Gasteiger partial charge in [0, 0.05) is 32.6 Å². The van der Waals surface area contributed by atoms with Crippen molar-refractivity contribution < 1.29 is 19.7 Å². The van der Waals surface area contributed by atoms with E-state index in [1.807, 2.05) is 4.90 Å². The highest BCUT2D eigenvalue weighted by Gasteiger charge is 2.10. The lowest BCUT2D eigenvalue weighted by Crippen LogP contribution is -2.37. The van der Waals surface area contributed by atoms with Crippen LogP contribution in [0, 0.1) is 0 Å². The topological polar surface area (TPSA) is 82.0 Å². The van der Waals surface area contributed by atoms with Crippen molar-refractivity contribution in [2.45, 2.75) is 103 Å². The second kappa shape index (κ2) is 23.0. The molecule has 0 aliphatic carbocycles. The maximum absolute atomic E-state index is 12.0. The SMILES string of the molecule is CCCCCCCCCCCCCC(=O)NCC(CC)OCCN(CCO)CCO. The van der Waals surface area contributed by atoms with Gasteiger partial charge in [-0.15, -0.1) is 0 Å². The molecule has 0 fully saturated rings. The van der Waals surface area contributed by atoms with Crippen molar-refractivity contribution in [3.8, 4) is 0 Å². The largest absolute Gasteiger partial charge is 0.395 e. The van der Waals surface area contributed by atoms with Crippen molar-refractivity contribution in [3.05, 3.63) is 0 Å². The van der Waals surface area contributed by atoms with Gasteiger partial charge in [-0.2, -0.15) is 0 Å². The molecular formula is C24H50N2O4. The van der Waals surface area contributed by atoms with Gasteiger partial charge in [0.15, 0.2) is 0 Å². The van der Waals surface area contributed by atoms with Gasteiger partial charge in [0.25, 0.3) is 0 Å². The number of hydrogen-bond donors (Lipinski definition) is 3. The predicted molar refractivity (Wildman–Crippen MR) is 125 cm³/mol. The van der Waals surface area contributed by atoms with Gasteiger partial charge in [-0.3, -0.25) is 9.69 Å². The number of amides is 1. The van der Waals surface area contributed by atoms with Crippen LogP contribution in [0.5, 0.6) is 0 Å². The highest BCUT2D eigenvalue weighted by molar-refractivity contribution is 5.75. The van der Waals surface area contributed by atoms with Crippen LogP contribution in [0.15, 0.2) is 0 Å². The number of nitrogens with one attached hydrogen (secondary N) is 1. The third-order valence-electron chi connectivity index (χ3n) is 5.58. The van der Waals surface area contributed by atoms with Crippen molar-refractivity contribution in [2.75, 3.05) is 46.0 Å². The van der Waals surface area contributed by atoms with E-state index in [1.54, 1.807) is 0 Å². The van der Waals surface area contributed by atoms with Gasteiger partial charge in [-0.1, -0.05) is 78.1 Å². The zero-order valence-electron chi connectivity index (χ0n) is 19.9. The van der Waals surface area contributed by atoms with E-state index in [-0.39, 0.29) is 25.2 Å². The summed E-state index contributed by atoms with van der Waals surface area (Å²) in [6, 6.07) is 0. The van der Waals surface area contributed by atoms with Gasteiger partial charge in [-0.05, 0) is 12.8 Å². The van der Waals surface area contributed by atoms with Crippen LogP contribution < -0.4 is 5.32 Å². The molecule has 0 saturated heterocycles. The standard InChI is InChI=1S/C24H50N2O4/c1-3-5-6-7-8-9-10-11-12-13-14-15-24(29)25-22-23(4-2)30-21-18-26(16-19-27)17-20-28/h23,27-28H,3-22H2,1-2H3,(H,25,29). The Kier molecular flexibility index (Phi) is 22.5. The predicted octanol–water partition coefficient (Wildman–Crippen LogP) is 3.89. The molecule has 6 nitrogen and oxygen atoms in total. The highest BCUT2D eigenvalue weighted by atomic mass is 16.5. The zero-order chi connectivity index (χ0) is 22.3. The van der Waals surface area contributed by atoms with E-state index >= 15 is 0 Å². The minimum absolute atomic E-state index is 0.0105. The number of rotatable bonds is 23. The molecule has 0 aromatic rings. The fraction of sp³-hybridized carbons (Fsp3) is 0.958. The van der Waals surface area contributed by atoms with Crippen molar-refractivity contribution in [3.63, 3.8) is 0 Å². The van der Waals surface area contributed by atoms with Gasteiger partial charge < -0.3 is 20.3 Å². The Hall–Kier alpha value is -0.690. The summed E-state index contributed by atoms with van der Waals surface area (Å²) in [5.74, 6) is 0.121. The summed E-state index contributed by atoms with van der Waals surface area (Å²) in [4.78, 5) is 14.0. The molecule has 0 spiro atoms. The molecule has 0 rings (SSSR count). The van der Waals surface area contributed by atoms with Crippen LogP contribution in [0.4, 0.5) is 0 Å². The zero-order valence-corrected chi connectivity index (χ0v) is 19.9. The molecule has 0 aromatic carbocycles. The Morgan fingerprint density at radius 1 is 0.833 bits per heavy atom. The molecule has 180 valence electrons. The third kappa shape index (κ3) is 19.3. The number of carbonyl (C=O) groups is 1. The number of aliphatic hydroxyl groups is 2. The molecule has 1 amide bonds. The van der Waals surface area contributed by atoms with Crippen molar-refractivity contribution in [1.29, 1.82) is 0 Å². The molecule has 30 heavy (non-hydrogen) atoms. The summed E-state index contributed by atoms with van der Waals surface area (Å²) in [6.07, 6.45) is 15.7. The van der Waals surface area contributed by atoms with Crippen LogP contribution in [0.2, 0.25) is 0 Å². The van der Waals surface area contributed by atoms with Gasteiger partial charge >= 0.3 is 0 Å². The van der Waals surface area contributed by atoms with Crippen LogP contribution in [0.25, 0.3) is 0 Å². The van der Waals surface area contributed by atoms with Gasteiger partial charge in [0.2, 0.25) is 5.91 Å². The average Bonchev–Trinajstić information content (AvgIpc) is 2.74. The quantitative estimate of drug-likeness (QED) is 0.214. The van der Waals surface area contributed by atoms with Gasteiger partial charge in [0.05, 0.1) is 25.9 Å². The maximum atomic E-state index is 12.0. The molecule has 0 bridgehead atoms. The summed E-state index contributed by atoms with van der Waals surface area (Å²) >= 11 is 0. The Morgan fingerprint density at radius 3 is 1.87 bits per heavy atom. The first-order valence-electron chi connectivity index (χ1n) is 12.5. The molecular weight excluding hydrogens is 380 g/mol. The minimum Gasteiger partial charge on any atom is -0.395 e. The maximum Gasteiger partial charge on any atom is 0.220 e. The first kappa shape index (κ1) is 29.3. The lowest BCUT2D eigenvalue weighted by molar-refractivity contribution is -0.121. The van der Waals surface area contributed by atoms with Gasteiger partial charge in [-0.25, -0.2) is 0 Å². The number of ether oxygens (including phenoxy) is 1. The minimum atomic E-state index is 0.0105. The number of aliphatic hydroxyl groups excluding tert-OH is 2.